The first-order chi connectivity index (χ1) is 6.27. The Morgan fingerprint density at radius 3 is 2.38 bits per heavy atom. The van der Waals surface area contributed by atoms with Crippen molar-refractivity contribution in [2.75, 3.05) is 6.54 Å². The van der Waals surface area contributed by atoms with Crippen molar-refractivity contribution >= 4 is 0 Å². The van der Waals surface area contributed by atoms with Crippen molar-refractivity contribution in [3.8, 4) is 0 Å². The van der Waals surface area contributed by atoms with E-state index in [4.69, 9.17) is 6.57 Å². The van der Waals surface area contributed by atoms with Crippen LogP contribution >= 0.6 is 0 Å². The molecule has 0 unspecified atom stereocenters. The Morgan fingerprint density at radius 1 is 1.31 bits per heavy atom. The molecule has 0 aromatic heterocycles. The molecule has 0 saturated heterocycles. The van der Waals surface area contributed by atoms with Crippen molar-refractivity contribution in [2.45, 2.75) is 25.2 Å². The van der Waals surface area contributed by atoms with Crippen molar-refractivity contribution in [1.82, 2.24) is 0 Å². The predicted molar refractivity (Wildman–Crippen MR) is 53.6 cm³/mol. The van der Waals surface area contributed by atoms with Gasteiger partial charge >= 0.3 is 0 Å². The summed E-state index contributed by atoms with van der Waals surface area (Å²) >= 11 is 0. The van der Waals surface area contributed by atoms with E-state index >= 15 is 0 Å². The third kappa shape index (κ3) is 1.45. The first-order valence-corrected chi connectivity index (χ1v) is 4.67. The van der Waals surface area contributed by atoms with Gasteiger partial charge in [0.1, 0.15) is 0 Å². The van der Waals surface area contributed by atoms with Gasteiger partial charge in [0.05, 0.1) is 5.41 Å². The minimum atomic E-state index is 0.232. The SMILES string of the molecule is [C-]#[N+]CC1(c2ccc(C)cc2)CC1. The molecule has 0 spiro atoms. The third-order valence-electron chi connectivity index (χ3n) is 2.90. The largest absolute Gasteiger partial charge is 0.316 e. The van der Waals surface area contributed by atoms with Gasteiger partial charge < -0.3 is 4.85 Å². The Bertz CT molecular complexity index is 338. The maximum absolute atomic E-state index is 6.91. The highest BCUT2D eigenvalue weighted by molar-refractivity contribution is 5.34. The van der Waals surface area contributed by atoms with Crippen LogP contribution in [0.5, 0.6) is 0 Å². The van der Waals surface area contributed by atoms with Gasteiger partial charge in [0, 0.05) is 0 Å². The van der Waals surface area contributed by atoms with Crippen molar-refractivity contribution in [1.29, 1.82) is 0 Å². The van der Waals surface area contributed by atoms with E-state index in [2.05, 4.69) is 36.0 Å². The molecule has 1 nitrogen and oxygen atoms in total. The minimum absolute atomic E-state index is 0.232. The molecular formula is C12H13N. The second-order valence-corrected chi connectivity index (χ2v) is 3.96. The van der Waals surface area contributed by atoms with Crippen molar-refractivity contribution < 1.29 is 0 Å². The second kappa shape index (κ2) is 2.88. The van der Waals surface area contributed by atoms with Crippen LogP contribution in [0.2, 0.25) is 0 Å². The van der Waals surface area contributed by atoms with Crippen LogP contribution in [0.15, 0.2) is 24.3 Å². The van der Waals surface area contributed by atoms with Crippen molar-refractivity contribution in [2.24, 2.45) is 0 Å². The molecule has 66 valence electrons. The highest BCUT2D eigenvalue weighted by Crippen LogP contribution is 2.48. The Labute approximate surface area is 79.2 Å². The topological polar surface area (TPSA) is 4.36 Å². The summed E-state index contributed by atoms with van der Waals surface area (Å²) in [6.07, 6.45) is 2.39. The lowest BCUT2D eigenvalue weighted by molar-refractivity contribution is 0.758. The van der Waals surface area contributed by atoms with Gasteiger partial charge in [0.15, 0.2) is 0 Å². The van der Waals surface area contributed by atoms with Crippen LogP contribution in [0.25, 0.3) is 4.85 Å². The number of benzene rings is 1. The lowest BCUT2D eigenvalue weighted by Crippen LogP contribution is -2.09. The quantitative estimate of drug-likeness (QED) is 0.602. The number of nitrogens with zero attached hydrogens (tertiary/aromatic N) is 1. The van der Waals surface area contributed by atoms with E-state index in [0.29, 0.717) is 6.54 Å². The molecule has 1 aliphatic rings. The normalized spacial score (nSPS) is 17.8. The van der Waals surface area contributed by atoms with Gasteiger partial charge in [0.25, 0.3) is 0 Å². The van der Waals surface area contributed by atoms with E-state index < -0.39 is 0 Å². The van der Waals surface area contributed by atoms with Crippen LogP contribution in [0.4, 0.5) is 0 Å². The average Bonchev–Trinajstić information content (AvgIpc) is 2.87. The molecule has 0 amide bonds. The highest BCUT2D eigenvalue weighted by Gasteiger charge is 2.47. The molecule has 13 heavy (non-hydrogen) atoms. The maximum Gasteiger partial charge on any atom is 0.224 e. The van der Waals surface area contributed by atoms with E-state index in [1.807, 2.05) is 0 Å². The molecule has 1 heteroatoms. The molecule has 0 aliphatic heterocycles. The lowest BCUT2D eigenvalue weighted by atomic mass is 9.95. The molecule has 1 aliphatic carbocycles. The number of rotatable bonds is 2. The molecule has 0 heterocycles. The van der Waals surface area contributed by atoms with E-state index in [0.717, 1.165) is 0 Å². The fraction of sp³-hybridized carbons (Fsp3) is 0.417. The summed E-state index contributed by atoms with van der Waals surface area (Å²) in [6.45, 7) is 9.67. The minimum Gasteiger partial charge on any atom is -0.316 e. The van der Waals surface area contributed by atoms with E-state index in [1.165, 1.54) is 24.0 Å². The summed E-state index contributed by atoms with van der Waals surface area (Å²) in [5, 5.41) is 0. The fourth-order valence-electron chi connectivity index (χ4n) is 1.75. The van der Waals surface area contributed by atoms with Gasteiger partial charge in [0.2, 0.25) is 6.54 Å². The van der Waals surface area contributed by atoms with Gasteiger partial charge in [-0.3, -0.25) is 0 Å². The first-order valence-electron chi connectivity index (χ1n) is 4.67. The van der Waals surface area contributed by atoms with Crippen molar-refractivity contribution in [3.05, 3.63) is 46.8 Å². The Balaban J connectivity index is 2.26. The van der Waals surface area contributed by atoms with Crippen LogP contribution in [0.1, 0.15) is 24.0 Å². The van der Waals surface area contributed by atoms with Crippen LogP contribution < -0.4 is 0 Å². The zero-order valence-corrected chi connectivity index (χ0v) is 7.88. The molecule has 1 saturated carbocycles. The molecule has 0 radical (unpaired) electrons. The van der Waals surface area contributed by atoms with E-state index in [-0.39, 0.29) is 5.41 Å². The summed E-state index contributed by atoms with van der Waals surface area (Å²) in [6, 6.07) is 8.62. The summed E-state index contributed by atoms with van der Waals surface area (Å²) in [5.41, 5.74) is 2.88. The monoisotopic (exact) mass is 171 g/mol. The Kier molecular flexibility index (Phi) is 1.84. The van der Waals surface area contributed by atoms with Gasteiger partial charge in [-0.25, -0.2) is 6.57 Å². The first kappa shape index (κ1) is 8.31. The molecule has 2 rings (SSSR count). The molecule has 1 aromatic carbocycles. The van der Waals surface area contributed by atoms with Gasteiger partial charge in [-0.05, 0) is 25.3 Å². The highest BCUT2D eigenvalue weighted by atomic mass is 14.7. The zero-order chi connectivity index (χ0) is 9.31. The fourth-order valence-corrected chi connectivity index (χ4v) is 1.75. The van der Waals surface area contributed by atoms with E-state index in [9.17, 15) is 0 Å². The van der Waals surface area contributed by atoms with Crippen LogP contribution in [-0.4, -0.2) is 6.54 Å². The molecule has 0 atom stereocenters. The van der Waals surface area contributed by atoms with Gasteiger partial charge in [-0.1, -0.05) is 29.8 Å². The summed E-state index contributed by atoms with van der Waals surface area (Å²) < 4.78 is 0. The zero-order valence-electron chi connectivity index (χ0n) is 7.88. The molecule has 1 aromatic rings. The Hall–Kier alpha value is -1.29. The van der Waals surface area contributed by atoms with E-state index in [1.54, 1.807) is 0 Å². The predicted octanol–water partition coefficient (Wildman–Crippen LogP) is 2.95. The third-order valence-corrected chi connectivity index (χ3v) is 2.90. The summed E-state index contributed by atoms with van der Waals surface area (Å²) in [4.78, 5) is 3.52. The number of hydrogen-bond donors (Lipinski definition) is 0. The maximum atomic E-state index is 6.91. The van der Waals surface area contributed by atoms with Gasteiger partial charge in [-0.2, -0.15) is 0 Å². The Morgan fingerprint density at radius 2 is 1.92 bits per heavy atom. The summed E-state index contributed by atoms with van der Waals surface area (Å²) in [7, 11) is 0. The standard InChI is InChI=1S/C12H13N/c1-10-3-5-11(6-4-10)12(7-8-12)9-13-2/h3-6H,7-9H2,1H3. The number of hydrogen-bond acceptors (Lipinski definition) is 0. The van der Waals surface area contributed by atoms with Crippen LogP contribution in [-0.2, 0) is 5.41 Å². The van der Waals surface area contributed by atoms with Crippen LogP contribution in [0, 0.1) is 13.5 Å². The summed E-state index contributed by atoms with van der Waals surface area (Å²) in [5.74, 6) is 0. The average molecular weight is 171 g/mol. The molecule has 0 bridgehead atoms. The number of aryl methyl sites for hydroxylation is 1. The molecule has 1 fully saturated rings. The molecular weight excluding hydrogens is 158 g/mol. The van der Waals surface area contributed by atoms with Crippen LogP contribution in [0.3, 0.4) is 0 Å². The lowest BCUT2D eigenvalue weighted by Gasteiger charge is -2.08. The van der Waals surface area contributed by atoms with Crippen molar-refractivity contribution in [3.63, 3.8) is 0 Å². The van der Waals surface area contributed by atoms with Gasteiger partial charge in [-0.15, -0.1) is 0 Å². The smallest absolute Gasteiger partial charge is 0.224 e. The second-order valence-electron chi connectivity index (χ2n) is 3.96. The molecule has 0 N–H and O–H groups in total.